The molecule has 1 aromatic rings. The van der Waals surface area contributed by atoms with Crippen LogP contribution < -0.4 is 0 Å². The average Bonchev–Trinajstić information content (AvgIpc) is 2.38. The first-order valence-electron chi connectivity index (χ1n) is 6.76. The van der Waals surface area contributed by atoms with Crippen molar-refractivity contribution in [1.82, 2.24) is 4.90 Å². The molecule has 0 radical (unpaired) electrons. The Hall–Kier alpha value is -0.380. The molecule has 0 N–H and O–H groups in total. The van der Waals surface area contributed by atoms with E-state index in [0.29, 0.717) is 6.04 Å². The Kier molecular flexibility index (Phi) is 7.56. The van der Waals surface area contributed by atoms with Crippen LogP contribution in [0.4, 0.5) is 0 Å². The second-order valence-corrected chi connectivity index (χ2v) is 5.28. The smallest absolute Gasteiger partial charge is 0.0593 e. The quantitative estimate of drug-likeness (QED) is 0.665. The molecule has 0 bridgehead atoms. The van der Waals surface area contributed by atoms with Gasteiger partial charge >= 0.3 is 0 Å². The monoisotopic (exact) mass is 313 g/mol. The Morgan fingerprint density at radius 2 is 1.94 bits per heavy atom. The number of ether oxygens (including phenoxy) is 1. The van der Waals surface area contributed by atoms with E-state index >= 15 is 0 Å². The molecule has 1 unspecified atom stereocenters. The van der Waals surface area contributed by atoms with Crippen LogP contribution in [-0.4, -0.2) is 31.2 Å². The molecule has 0 aliphatic heterocycles. The first-order chi connectivity index (χ1) is 8.70. The van der Waals surface area contributed by atoms with Gasteiger partial charge in [-0.1, -0.05) is 41.1 Å². The highest BCUT2D eigenvalue weighted by Crippen LogP contribution is 2.27. The van der Waals surface area contributed by atoms with Crippen molar-refractivity contribution in [3.63, 3.8) is 0 Å². The number of nitrogens with zero attached hydrogens (tertiary/aromatic N) is 1. The number of hydrogen-bond donors (Lipinski definition) is 0. The van der Waals surface area contributed by atoms with E-state index in [1.807, 2.05) is 6.92 Å². The Morgan fingerprint density at radius 1 is 1.22 bits per heavy atom. The van der Waals surface area contributed by atoms with Crippen molar-refractivity contribution >= 4 is 15.9 Å². The summed E-state index contributed by atoms with van der Waals surface area (Å²) in [6.45, 7) is 10.2. The molecular formula is C15H24BrNO. The lowest BCUT2D eigenvalue weighted by Crippen LogP contribution is -2.31. The van der Waals surface area contributed by atoms with Crippen LogP contribution in [0.2, 0.25) is 0 Å². The summed E-state index contributed by atoms with van der Waals surface area (Å²) in [4.78, 5) is 2.48. The van der Waals surface area contributed by atoms with Crippen LogP contribution in [0.5, 0.6) is 0 Å². The van der Waals surface area contributed by atoms with Gasteiger partial charge in [0.2, 0.25) is 0 Å². The second kappa shape index (κ2) is 8.68. The van der Waals surface area contributed by atoms with Gasteiger partial charge in [-0.2, -0.15) is 0 Å². The molecule has 0 aromatic heterocycles. The molecule has 1 aromatic carbocycles. The highest BCUT2D eigenvalue weighted by atomic mass is 79.9. The van der Waals surface area contributed by atoms with Crippen LogP contribution in [-0.2, 0) is 4.74 Å². The molecule has 0 aliphatic rings. The number of halogens is 1. The van der Waals surface area contributed by atoms with E-state index in [-0.39, 0.29) is 0 Å². The van der Waals surface area contributed by atoms with Crippen LogP contribution in [0, 0.1) is 0 Å². The van der Waals surface area contributed by atoms with E-state index in [9.17, 15) is 0 Å². The van der Waals surface area contributed by atoms with Gasteiger partial charge in [0, 0.05) is 23.7 Å². The van der Waals surface area contributed by atoms with Gasteiger partial charge in [0.25, 0.3) is 0 Å². The van der Waals surface area contributed by atoms with E-state index < -0.39 is 0 Å². The summed E-state index contributed by atoms with van der Waals surface area (Å²) in [6.07, 6.45) is 1.17. The lowest BCUT2D eigenvalue weighted by Gasteiger charge is -2.29. The molecule has 0 amide bonds. The Labute approximate surface area is 119 Å². The first kappa shape index (κ1) is 15.7. The molecule has 102 valence electrons. The number of hydrogen-bond acceptors (Lipinski definition) is 2. The Morgan fingerprint density at radius 3 is 2.56 bits per heavy atom. The molecule has 2 nitrogen and oxygen atoms in total. The fraction of sp³-hybridized carbons (Fsp3) is 0.600. The standard InChI is InChI=1S/C15H24BrNO/c1-4-10-17(11-12-18-5-2)13(3)14-8-6-7-9-15(14)16/h6-9,13H,4-5,10-12H2,1-3H3. The van der Waals surface area contributed by atoms with Gasteiger partial charge < -0.3 is 4.74 Å². The van der Waals surface area contributed by atoms with Gasteiger partial charge in [0.1, 0.15) is 0 Å². The highest BCUT2D eigenvalue weighted by molar-refractivity contribution is 9.10. The van der Waals surface area contributed by atoms with Gasteiger partial charge in [-0.15, -0.1) is 0 Å². The van der Waals surface area contributed by atoms with Crippen LogP contribution in [0.15, 0.2) is 28.7 Å². The number of benzene rings is 1. The fourth-order valence-corrected chi connectivity index (χ4v) is 2.74. The third-order valence-electron chi connectivity index (χ3n) is 3.14. The topological polar surface area (TPSA) is 12.5 Å². The number of rotatable bonds is 8. The second-order valence-electron chi connectivity index (χ2n) is 4.43. The molecule has 0 saturated heterocycles. The maximum absolute atomic E-state index is 5.47. The first-order valence-corrected chi connectivity index (χ1v) is 7.56. The van der Waals surface area contributed by atoms with Crippen molar-refractivity contribution in [3.05, 3.63) is 34.3 Å². The van der Waals surface area contributed by atoms with Crippen LogP contribution in [0.1, 0.15) is 38.8 Å². The van der Waals surface area contributed by atoms with Gasteiger partial charge in [0.15, 0.2) is 0 Å². The minimum atomic E-state index is 0.418. The summed E-state index contributed by atoms with van der Waals surface area (Å²) in [5.74, 6) is 0. The minimum Gasteiger partial charge on any atom is -0.380 e. The molecule has 1 rings (SSSR count). The molecule has 18 heavy (non-hydrogen) atoms. The molecule has 0 fully saturated rings. The van der Waals surface area contributed by atoms with Gasteiger partial charge in [-0.05, 0) is 38.4 Å². The minimum absolute atomic E-state index is 0.418. The normalized spacial score (nSPS) is 12.9. The summed E-state index contributed by atoms with van der Waals surface area (Å²) in [5, 5.41) is 0. The Bertz CT molecular complexity index is 343. The van der Waals surface area contributed by atoms with Gasteiger partial charge in [-0.25, -0.2) is 0 Å². The third kappa shape index (κ3) is 4.71. The molecule has 3 heteroatoms. The summed E-state index contributed by atoms with van der Waals surface area (Å²) in [5.41, 5.74) is 1.35. The lowest BCUT2D eigenvalue weighted by atomic mass is 10.1. The lowest BCUT2D eigenvalue weighted by molar-refractivity contribution is 0.0972. The van der Waals surface area contributed by atoms with Crippen molar-refractivity contribution in [2.45, 2.75) is 33.2 Å². The van der Waals surface area contributed by atoms with Gasteiger partial charge in [0.05, 0.1) is 6.61 Å². The Balaban J connectivity index is 2.69. The zero-order chi connectivity index (χ0) is 13.4. The summed E-state index contributed by atoms with van der Waals surface area (Å²) in [7, 11) is 0. The van der Waals surface area contributed by atoms with Crippen molar-refractivity contribution in [2.75, 3.05) is 26.3 Å². The van der Waals surface area contributed by atoms with Crippen molar-refractivity contribution in [1.29, 1.82) is 0 Å². The van der Waals surface area contributed by atoms with Crippen molar-refractivity contribution in [2.24, 2.45) is 0 Å². The van der Waals surface area contributed by atoms with E-state index in [0.717, 1.165) is 26.3 Å². The largest absolute Gasteiger partial charge is 0.380 e. The van der Waals surface area contributed by atoms with E-state index in [4.69, 9.17) is 4.74 Å². The summed E-state index contributed by atoms with van der Waals surface area (Å²) >= 11 is 3.64. The molecule has 0 heterocycles. The van der Waals surface area contributed by atoms with Crippen molar-refractivity contribution in [3.8, 4) is 0 Å². The SMILES string of the molecule is CCCN(CCOCC)C(C)c1ccccc1Br. The van der Waals surface area contributed by atoms with Crippen LogP contribution >= 0.6 is 15.9 Å². The maximum atomic E-state index is 5.47. The van der Waals surface area contributed by atoms with E-state index in [1.165, 1.54) is 16.5 Å². The van der Waals surface area contributed by atoms with Gasteiger partial charge in [-0.3, -0.25) is 4.90 Å². The fourth-order valence-electron chi connectivity index (χ4n) is 2.12. The van der Waals surface area contributed by atoms with Crippen LogP contribution in [0.3, 0.4) is 0 Å². The predicted molar refractivity (Wildman–Crippen MR) is 80.9 cm³/mol. The summed E-state index contributed by atoms with van der Waals surface area (Å²) < 4.78 is 6.66. The zero-order valence-electron chi connectivity index (χ0n) is 11.7. The molecule has 0 spiro atoms. The van der Waals surface area contributed by atoms with E-state index in [1.54, 1.807) is 0 Å². The zero-order valence-corrected chi connectivity index (χ0v) is 13.2. The average molecular weight is 314 g/mol. The summed E-state index contributed by atoms with van der Waals surface area (Å²) in [6, 6.07) is 8.88. The van der Waals surface area contributed by atoms with Crippen LogP contribution in [0.25, 0.3) is 0 Å². The predicted octanol–water partition coefficient (Wildman–Crippen LogP) is 4.26. The molecular weight excluding hydrogens is 290 g/mol. The third-order valence-corrected chi connectivity index (χ3v) is 3.86. The highest BCUT2D eigenvalue weighted by Gasteiger charge is 2.16. The van der Waals surface area contributed by atoms with E-state index in [2.05, 4.69) is 58.9 Å². The molecule has 0 aliphatic carbocycles. The maximum Gasteiger partial charge on any atom is 0.0593 e. The van der Waals surface area contributed by atoms with Crippen molar-refractivity contribution < 1.29 is 4.74 Å². The molecule has 1 atom stereocenters. The molecule has 0 saturated carbocycles.